The van der Waals surface area contributed by atoms with Crippen LogP contribution in [-0.2, 0) is 6.18 Å². The van der Waals surface area contributed by atoms with Crippen LogP contribution in [0.1, 0.15) is 5.56 Å². The molecule has 0 unspecified atom stereocenters. The van der Waals surface area contributed by atoms with Crippen molar-refractivity contribution in [1.29, 1.82) is 0 Å². The quantitative estimate of drug-likeness (QED) is 0.319. The largest absolute Gasteiger partial charge is 0.439 e. The van der Waals surface area contributed by atoms with Crippen molar-refractivity contribution in [3.05, 3.63) is 90.5 Å². The van der Waals surface area contributed by atoms with Crippen molar-refractivity contribution in [2.24, 2.45) is 0 Å². The summed E-state index contributed by atoms with van der Waals surface area (Å²) in [6.45, 7) is 0. The van der Waals surface area contributed by atoms with Crippen molar-refractivity contribution in [2.45, 2.75) is 6.18 Å². The minimum absolute atomic E-state index is 0.0884. The molecule has 5 aromatic rings. The number of fused-ring (bicyclic) bond motifs is 1. The fraction of sp³-hybridized carbons (Fsp3) is 0.0417. The molecule has 0 fully saturated rings. The summed E-state index contributed by atoms with van der Waals surface area (Å²) in [5.74, 6) is 1.16. The van der Waals surface area contributed by atoms with E-state index in [0.717, 1.165) is 17.0 Å². The second-order valence-corrected chi connectivity index (χ2v) is 7.12. The summed E-state index contributed by atoms with van der Waals surface area (Å²) in [7, 11) is 0. The molecule has 164 valence electrons. The Labute approximate surface area is 186 Å². The molecule has 2 heterocycles. The van der Waals surface area contributed by atoms with Gasteiger partial charge in [-0.1, -0.05) is 48.5 Å². The maximum atomic E-state index is 13.6. The van der Waals surface area contributed by atoms with Crippen molar-refractivity contribution < 1.29 is 17.9 Å². The number of nitrogens with one attached hydrogen (secondary N) is 2. The molecule has 2 aromatic heterocycles. The molecule has 9 heteroatoms. The number of halogens is 3. The van der Waals surface area contributed by atoms with E-state index in [9.17, 15) is 13.2 Å². The highest BCUT2D eigenvalue weighted by Gasteiger charge is 2.34. The first-order valence-electron chi connectivity index (χ1n) is 9.96. The molecule has 0 aliphatic rings. The van der Waals surface area contributed by atoms with Crippen molar-refractivity contribution in [3.63, 3.8) is 0 Å². The molecule has 2 N–H and O–H groups in total. The van der Waals surface area contributed by atoms with Crippen molar-refractivity contribution in [2.75, 3.05) is 5.32 Å². The van der Waals surface area contributed by atoms with Crippen molar-refractivity contribution in [1.82, 2.24) is 20.2 Å². The van der Waals surface area contributed by atoms with Crippen LogP contribution in [0.25, 0.3) is 22.3 Å². The Hall–Kier alpha value is -4.40. The molecule has 0 amide bonds. The number of H-pyrrole nitrogens is 1. The van der Waals surface area contributed by atoms with E-state index in [4.69, 9.17) is 4.74 Å². The number of aromatic amines is 1. The third-order valence-electron chi connectivity index (χ3n) is 4.86. The van der Waals surface area contributed by atoms with Crippen LogP contribution in [0.4, 0.5) is 24.8 Å². The third-order valence-corrected chi connectivity index (χ3v) is 4.86. The first-order valence-corrected chi connectivity index (χ1v) is 9.96. The lowest BCUT2D eigenvalue weighted by Crippen LogP contribution is -2.09. The van der Waals surface area contributed by atoms with Gasteiger partial charge in [0.15, 0.2) is 11.6 Å². The van der Waals surface area contributed by atoms with Gasteiger partial charge in [0.2, 0.25) is 5.88 Å². The molecule has 5 rings (SSSR count). The van der Waals surface area contributed by atoms with Gasteiger partial charge in [-0.2, -0.15) is 23.3 Å². The number of hydrogen-bond acceptors (Lipinski definition) is 5. The van der Waals surface area contributed by atoms with Gasteiger partial charge >= 0.3 is 6.18 Å². The normalized spacial score (nSPS) is 11.5. The van der Waals surface area contributed by atoms with Crippen molar-refractivity contribution >= 4 is 22.5 Å². The number of para-hydroxylation sites is 2. The first-order chi connectivity index (χ1) is 16.0. The second-order valence-electron chi connectivity index (χ2n) is 7.12. The molecule has 0 atom stereocenters. The fourth-order valence-electron chi connectivity index (χ4n) is 3.38. The average Bonchev–Trinajstić information content (AvgIpc) is 3.22. The molecule has 3 aromatic carbocycles. The van der Waals surface area contributed by atoms with Crippen LogP contribution in [0, 0.1) is 0 Å². The lowest BCUT2D eigenvalue weighted by molar-refractivity contribution is -0.137. The van der Waals surface area contributed by atoms with E-state index in [1.54, 1.807) is 24.3 Å². The highest BCUT2D eigenvalue weighted by Crippen LogP contribution is 2.37. The van der Waals surface area contributed by atoms with Crippen LogP contribution in [0.15, 0.2) is 84.9 Å². The second kappa shape index (κ2) is 8.27. The topological polar surface area (TPSA) is 75.7 Å². The van der Waals surface area contributed by atoms with Crippen molar-refractivity contribution in [3.8, 4) is 23.0 Å². The Morgan fingerprint density at radius 1 is 0.818 bits per heavy atom. The Balaban J connectivity index is 1.61. The SMILES string of the molecule is FC(F)(F)c1ccccc1-c1nc(Nc2n[nH]c3ccccc23)cc(Oc2ccccc2)n1. The highest BCUT2D eigenvalue weighted by molar-refractivity contribution is 5.91. The summed E-state index contributed by atoms with van der Waals surface area (Å²) in [4.78, 5) is 8.61. The molecule has 0 spiro atoms. The predicted octanol–water partition coefficient (Wildman–Crippen LogP) is 6.57. The van der Waals surface area contributed by atoms with Gasteiger partial charge in [0.25, 0.3) is 0 Å². The van der Waals surface area contributed by atoms with Gasteiger partial charge in [0, 0.05) is 17.0 Å². The Bertz CT molecular complexity index is 1420. The van der Waals surface area contributed by atoms with Crippen LogP contribution < -0.4 is 10.1 Å². The summed E-state index contributed by atoms with van der Waals surface area (Å²) in [6.07, 6.45) is -4.57. The van der Waals surface area contributed by atoms with E-state index in [1.807, 2.05) is 30.3 Å². The average molecular weight is 447 g/mol. The lowest BCUT2D eigenvalue weighted by atomic mass is 10.1. The summed E-state index contributed by atoms with van der Waals surface area (Å²) >= 11 is 0. The van der Waals surface area contributed by atoms with Gasteiger partial charge in [0.1, 0.15) is 11.6 Å². The Morgan fingerprint density at radius 2 is 1.55 bits per heavy atom. The number of nitrogens with zero attached hydrogens (tertiary/aromatic N) is 3. The molecular formula is C24H16F3N5O. The third kappa shape index (κ3) is 4.33. The van der Waals surface area contributed by atoms with Gasteiger partial charge in [-0.3, -0.25) is 5.10 Å². The van der Waals surface area contributed by atoms with Gasteiger partial charge in [-0.25, -0.2) is 4.98 Å². The van der Waals surface area contributed by atoms with E-state index in [0.29, 0.717) is 11.6 Å². The predicted molar refractivity (Wildman–Crippen MR) is 118 cm³/mol. The van der Waals surface area contributed by atoms with E-state index >= 15 is 0 Å². The van der Waals surface area contributed by atoms with Crippen LogP contribution in [-0.4, -0.2) is 20.2 Å². The van der Waals surface area contributed by atoms with Gasteiger partial charge < -0.3 is 10.1 Å². The summed E-state index contributed by atoms with van der Waals surface area (Å²) < 4.78 is 46.7. The van der Waals surface area contributed by atoms with Gasteiger partial charge in [0.05, 0.1) is 11.1 Å². The molecule has 0 saturated carbocycles. The van der Waals surface area contributed by atoms with E-state index in [-0.39, 0.29) is 23.1 Å². The van der Waals surface area contributed by atoms with Crippen LogP contribution in [0.3, 0.4) is 0 Å². The molecule has 33 heavy (non-hydrogen) atoms. The zero-order valence-electron chi connectivity index (χ0n) is 17.0. The number of aromatic nitrogens is 4. The lowest BCUT2D eigenvalue weighted by Gasteiger charge is -2.14. The molecule has 0 aliphatic heterocycles. The molecule has 0 saturated heterocycles. The number of anilines is 2. The number of alkyl halides is 3. The fourth-order valence-corrected chi connectivity index (χ4v) is 3.38. The number of hydrogen-bond donors (Lipinski definition) is 2. The Morgan fingerprint density at radius 3 is 2.36 bits per heavy atom. The van der Waals surface area contributed by atoms with Crippen LogP contribution in [0.2, 0.25) is 0 Å². The maximum absolute atomic E-state index is 13.6. The van der Waals surface area contributed by atoms with E-state index < -0.39 is 11.7 Å². The molecule has 0 radical (unpaired) electrons. The number of rotatable bonds is 5. The first kappa shape index (κ1) is 20.5. The number of ether oxygens (including phenoxy) is 1. The highest BCUT2D eigenvalue weighted by atomic mass is 19.4. The summed E-state index contributed by atoms with van der Waals surface area (Å²) in [5, 5.41) is 11.0. The molecule has 0 bridgehead atoms. The van der Waals surface area contributed by atoms with Gasteiger partial charge in [-0.05, 0) is 30.3 Å². The zero-order chi connectivity index (χ0) is 22.8. The van der Waals surface area contributed by atoms with E-state index in [2.05, 4.69) is 25.5 Å². The minimum atomic E-state index is -4.57. The van der Waals surface area contributed by atoms with E-state index in [1.165, 1.54) is 24.3 Å². The molecular weight excluding hydrogens is 431 g/mol. The maximum Gasteiger partial charge on any atom is 0.417 e. The smallest absolute Gasteiger partial charge is 0.417 e. The summed E-state index contributed by atoms with van der Waals surface area (Å²) in [6, 6.07) is 23.0. The zero-order valence-corrected chi connectivity index (χ0v) is 17.0. The molecule has 6 nitrogen and oxygen atoms in total. The monoisotopic (exact) mass is 447 g/mol. The van der Waals surface area contributed by atoms with Crippen LogP contribution in [0.5, 0.6) is 11.6 Å². The van der Waals surface area contributed by atoms with Crippen LogP contribution >= 0.6 is 0 Å². The number of benzene rings is 3. The standard InChI is InChI=1S/C24H16F3N5O/c25-24(26,27)18-12-6-4-10-16(18)22-28-20(14-21(30-22)33-15-8-2-1-3-9-15)29-23-17-11-5-7-13-19(17)31-32-23/h1-14H,(H2,28,29,30,31,32). The van der Waals surface area contributed by atoms with Gasteiger partial charge in [-0.15, -0.1) is 0 Å². The minimum Gasteiger partial charge on any atom is -0.439 e. The summed E-state index contributed by atoms with van der Waals surface area (Å²) in [5.41, 5.74) is -0.186. The molecule has 0 aliphatic carbocycles. The Kier molecular flexibility index (Phi) is 5.14.